The van der Waals surface area contributed by atoms with Gasteiger partial charge in [-0.3, -0.25) is 0 Å². The molecule has 1 heterocycles. The quantitative estimate of drug-likeness (QED) is 0.883. The van der Waals surface area contributed by atoms with Crippen LogP contribution in [0.5, 0.6) is 0 Å². The maximum absolute atomic E-state index is 13.1. The lowest BCUT2D eigenvalue weighted by Gasteiger charge is -2.15. The molecule has 1 aromatic carbocycles. The van der Waals surface area contributed by atoms with Gasteiger partial charge in [0.15, 0.2) is 0 Å². The summed E-state index contributed by atoms with van der Waals surface area (Å²) in [4.78, 5) is 1.10. The summed E-state index contributed by atoms with van der Waals surface area (Å²) in [7, 11) is 1.89. The predicted octanol–water partition coefficient (Wildman–Crippen LogP) is 4.04. The minimum absolute atomic E-state index is 0.129. The van der Waals surface area contributed by atoms with Gasteiger partial charge in [-0.15, -0.1) is 11.3 Å². The molecule has 1 unspecified atom stereocenters. The maximum Gasteiger partial charge on any atom is 0.123 e. The van der Waals surface area contributed by atoms with E-state index >= 15 is 0 Å². The third-order valence-electron chi connectivity index (χ3n) is 2.64. The van der Waals surface area contributed by atoms with Crippen molar-refractivity contribution in [3.8, 4) is 0 Å². The fraction of sp³-hybridized carbons (Fsp3) is 0.231. The number of hydrogen-bond acceptors (Lipinski definition) is 2. The fourth-order valence-electron chi connectivity index (χ4n) is 1.78. The van der Waals surface area contributed by atoms with Gasteiger partial charge in [0.05, 0.1) is 5.02 Å². The van der Waals surface area contributed by atoms with Crippen LogP contribution in [0, 0.1) is 5.82 Å². The van der Waals surface area contributed by atoms with Crippen molar-refractivity contribution in [1.82, 2.24) is 5.32 Å². The van der Waals surface area contributed by atoms with Crippen LogP contribution in [0.4, 0.5) is 4.39 Å². The summed E-state index contributed by atoms with van der Waals surface area (Å²) in [5, 5.41) is 5.95. The summed E-state index contributed by atoms with van der Waals surface area (Å²) in [6.07, 6.45) is 0.731. The van der Waals surface area contributed by atoms with Crippen LogP contribution < -0.4 is 5.32 Å². The second-order valence-electron chi connectivity index (χ2n) is 3.81. The van der Waals surface area contributed by atoms with Crippen molar-refractivity contribution in [2.24, 2.45) is 0 Å². The minimum atomic E-state index is -0.199. The van der Waals surface area contributed by atoms with Crippen LogP contribution in [0.15, 0.2) is 35.7 Å². The van der Waals surface area contributed by atoms with Crippen molar-refractivity contribution < 1.29 is 4.39 Å². The molecule has 0 aliphatic rings. The Hall–Kier alpha value is -0.900. The lowest BCUT2D eigenvalue weighted by atomic mass is 10.0. The van der Waals surface area contributed by atoms with Gasteiger partial charge in [-0.25, -0.2) is 4.39 Å². The summed E-state index contributed by atoms with van der Waals surface area (Å²) in [5.41, 5.74) is 0.966. The van der Waals surface area contributed by atoms with Gasteiger partial charge in [0.1, 0.15) is 5.82 Å². The molecule has 1 aromatic heterocycles. The number of likely N-dealkylation sites (N-methyl/N-ethyl adjacent to an activating group) is 1. The number of halogens is 2. The molecule has 2 rings (SSSR count). The molecule has 1 atom stereocenters. The second-order valence-corrected chi connectivity index (χ2v) is 5.16. The SMILES string of the molecule is CNC(Cc1cccc(F)c1)c1sccc1Cl. The summed E-state index contributed by atoms with van der Waals surface area (Å²) in [5.74, 6) is -0.199. The normalized spacial score (nSPS) is 12.6. The van der Waals surface area contributed by atoms with E-state index in [0.717, 1.165) is 21.9 Å². The topological polar surface area (TPSA) is 12.0 Å². The van der Waals surface area contributed by atoms with Gasteiger partial charge in [0.2, 0.25) is 0 Å². The van der Waals surface area contributed by atoms with Crippen LogP contribution in [0.3, 0.4) is 0 Å². The van der Waals surface area contributed by atoms with Gasteiger partial charge in [0.25, 0.3) is 0 Å². The van der Waals surface area contributed by atoms with Gasteiger partial charge >= 0.3 is 0 Å². The predicted molar refractivity (Wildman–Crippen MR) is 71.2 cm³/mol. The van der Waals surface area contributed by atoms with Crippen molar-refractivity contribution in [3.63, 3.8) is 0 Å². The van der Waals surface area contributed by atoms with Crippen LogP contribution in [0.1, 0.15) is 16.5 Å². The van der Waals surface area contributed by atoms with Gasteiger partial charge in [-0.2, -0.15) is 0 Å². The molecule has 1 N–H and O–H groups in total. The molecule has 0 spiro atoms. The summed E-state index contributed by atoms with van der Waals surface area (Å²) >= 11 is 7.72. The van der Waals surface area contributed by atoms with Gasteiger partial charge in [-0.1, -0.05) is 23.7 Å². The van der Waals surface area contributed by atoms with Crippen LogP contribution in [-0.2, 0) is 6.42 Å². The summed E-state index contributed by atoms with van der Waals surface area (Å²) in [6, 6.07) is 8.69. The van der Waals surface area contributed by atoms with E-state index < -0.39 is 0 Å². The molecule has 2 aromatic rings. The first-order chi connectivity index (χ1) is 8.20. The number of rotatable bonds is 4. The Balaban J connectivity index is 2.19. The van der Waals surface area contributed by atoms with Crippen LogP contribution >= 0.6 is 22.9 Å². The number of hydrogen-bond donors (Lipinski definition) is 1. The van der Waals surface area contributed by atoms with Crippen LogP contribution in [-0.4, -0.2) is 7.05 Å². The molecule has 4 heteroatoms. The highest BCUT2D eigenvalue weighted by molar-refractivity contribution is 7.10. The van der Waals surface area contributed by atoms with E-state index in [9.17, 15) is 4.39 Å². The van der Waals surface area contributed by atoms with E-state index in [1.165, 1.54) is 6.07 Å². The molecule has 0 fully saturated rings. The zero-order chi connectivity index (χ0) is 12.3. The Morgan fingerprint density at radius 3 is 2.82 bits per heavy atom. The maximum atomic E-state index is 13.1. The fourth-order valence-corrected chi connectivity index (χ4v) is 3.08. The van der Waals surface area contributed by atoms with Gasteiger partial charge < -0.3 is 5.32 Å². The van der Waals surface area contributed by atoms with Gasteiger partial charge in [0, 0.05) is 10.9 Å². The Bertz CT molecular complexity index is 498. The standard InChI is InChI=1S/C13H13ClFNS/c1-16-12(13-11(14)5-6-17-13)8-9-3-2-4-10(15)7-9/h2-7,12,16H,8H2,1H3. The zero-order valence-corrected chi connectivity index (χ0v) is 11.0. The lowest BCUT2D eigenvalue weighted by molar-refractivity contribution is 0.592. The first-order valence-electron chi connectivity index (χ1n) is 5.35. The monoisotopic (exact) mass is 269 g/mol. The molecule has 90 valence electrons. The van der Waals surface area contributed by atoms with Crippen LogP contribution in [0.25, 0.3) is 0 Å². The van der Waals surface area contributed by atoms with Crippen molar-refractivity contribution in [2.45, 2.75) is 12.5 Å². The highest BCUT2D eigenvalue weighted by atomic mass is 35.5. The lowest BCUT2D eigenvalue weighted by Crippen LogP contribution is -2.18. The zero-order valence-electron chi connectivity index (χ0n) is 9.41. The molecule has 0 aliphatic heterocycles. The smallest absolute Gasteiger partial charge is 0.123 e. The summed E-state index contributed by atoms with van der Waals surface area (Å²) in [6.45, 7) is 0. The Labute approximate surface area is 109 Å². The highest BCUT2D eigenvalue weighted by Gasteiger charge is 2.15. The van der Waals surface area contributed by atoms with Crippen molar-refractivity contribution in [1.29, 1.82) is 0 Å². The van der Waals surface area contributed by atoms with E-state index in [1.807, 2.05) is 24.6 Å². The molecule has 17 heavy (non-hydrogen) atoms. The minimum Gasteiger partial charge on any atom is -0.312 e. The molecule has 1 nitrogen and oxygen atoms in total. The Kier molecular flexibility index (Phi) is 4.15. The number of benzene rings is 1. The first kappa shape index (κ1) is 12.6. The molecular weight excluding hydrogens is 257 g/mol. The molecule has 0 aliphatic carbocycles. The highest BCUT2D eigenvalue weighted by Crippen LogP contribution is 2.30. The van der Waals surface area contributed by atoms with E-state index in [0.29, 0.717) is 0 Å². The molecule has 0 bridgehead atoms. The van der Waals surface area contributed by atoms with E-state index in [1.54, 1.807) is 23.5 Å². The first-order valence-corrected chi connectivity index (χ1v) is 6.61. The van der Waals surface area contributed by atoms with Crippen LogP contribution in [0.2, 0.25) is 5.02 Å². The van der Waals surface area contributed by atoms with Crippen molar-refractivity contribution in [2.75, 3.05) is 7.05 Å². The van der Waals surface area contributed by atoms with E-state index in [-0.39, 0.29) is 11.9 Å². The van der Waals surface area contributed by atoms with E-state index in [4.69, 9.17) is 11.6 Å². The molecule has 0 saturated heterocycles. The Morgan fingerprint density at radius 2 is 2.24 bits per heavy atom. The van der Waals surface area contributed by atoms with Gasteiger partial charge in [-0.05, 0) is 42.6 Å². The summed E-state index contributed by atoms with van der Waals surface area (Å²) < 4.78 is 13.1. The Morgan fingerprint density at radius 1 is 1.41 bits per heavy atom. The third-order valence-corrected chi connectivity index (χ3v) is 4.11. The van der Waals surface area contributed by atoms with Crippen molar-refractivity contribution in [3.05, 3.63) is 57.0 Å². The molecular formula is C13H13ClFNS. The van der Waals surface area contributed by atoms with E-state index in [2.05, 4.69) is 5.32 Å². The third kappa shape index (κ3) is 3.06. The average molecular weight is 270 g/mol. The second kappa shape index (κ2) is 5.63. The number of nitrogens with one attached hydrogen (secondary N) is 1. The molecule has 0 amide bonds. The average Bonchev–Trinajstić information content (AvgIpc) is 2.72. The van der Waals surface area contributed by atoms with Crippen molar-refractivity contribution >= 4 is 22.9 Å². The number of thiophene rings is 1. The molecule has 0 saturated carbocycles. The molecule has 0 radical (unpaired) electrons. The largest absolute Gasteiger partial charge is 0.312 e.